The van der Waals surface area contributed by atoms with Gasteiger partial charge in [-0.05, 0) is 59.7 Å². The molecule has 0 aromatic heterocycles. The summed E-state index contributed by atoms with van der Waals surface area (Å²) in [5, 5.41) is 3.69. The van der Waals surface area contributed by atoms with Gasteiger partial charge in [-0.1, -0.05) is 51.7 Å². The predicted molar refractivity (Wildman–Crippen MR) is 89.0 cm³/mol. The number of nitrogens with one attached hydrogen (secondary N) is 1. The van der Waals surface area contributed by atoms with E-state index in [2.05, 4.69) is 66.0 Å². The van der Waals surface area contributed by atoms with Crippen molar-refractivity contribution in [2.24, 2.45) is 0 Å². The minimum absolute atomic E-state index is 0.538. The highest BCUT2D eigenvalue weighted by Gasteiger charge is 2.10. The Morgan fingerprint density at radius 2 is 1.94 bits per heavy atom. The molecule has 0 heterocycles. The summed E-state index contributed by atoms with van der Waals surface area (Å²) in [7, 11) is 0. The summed E-state index contributed by atoms with van der Waals surface area (Å²) in [6, 6.07) is 9.45. The Labute approximate surface area is 126 Å². The van der Waals surface area contributed by atoms with Crippen LogP contribution in [-0.2, 0) is 0 Å². The zero-order chi connectivity index (χ0) is 13.2. The topological polar surface area (TPSA) is 12.0 Å². The van der Waals surface area contributed by atoms with Crippen molar-refractivity contribution in [2.45, 2.75) is 58.4 Å². The van der Waals surface area contributed by atoms with Gasteiger partial charge in [-0.3, -0.25) is 0 Å². The Morgan fingerprint density at radius 3 is 2.61 bits per heavy atom. The summed E-state index contributed by atoms with van der Waals surface area (Å²) in [6.07, 6.45) is 7.85. The molecule has 0 aliphatic heterocycles. The molecule has 0 saturated heterocycles. The van der Waals surface area contributed by atoms with Crippen molar-refractivity contribution in [2.75, 3.05) is 6.54 Å². The van der Waals surface area contributed by atoms with Crippen LogP contribution in [0.25, 0.3) is 0 Å². The normalized spacial score (nSPS) is 12.6. The van der Waals surface area contributed by atoms with Gasteiger partial charge in [0.25, 0.3) is 0 Å². The smallest absolute Gasteiger partial charge is 0.0320 e. The molecule has 1 rings (SSSR count). The highest BCUT2D eigenvalue weighted by Crippen LogP contribution is 2.22. The summed E-state index contributed by atoms with van der Waals surface area (Å²) in [5.74, 6) is 0. The first kappa shape index (κ1) is 16.0. The van der Waals surface area contributed by atoms with Crippen molar-refractivity contribution < 1.29 is 0 Å². The molecule has 1 aromatic rings. The minimum atomic E-state index is 0.538. The Hall–Kier alpha value is -0.0900. The average Bonchev–Trinajstić information content (AvgIpc) is 2.38. The van der Waals surface area contributed by atoms with Crippen molar-refractivity contribution in [3.05, 3.63) is 33.4 Å². The quantitative estimate of drug-likeness (QED) is 0.466. The summed E-state index contributed by atoms with van der Waals surface area (Å²) in [5.41, 5.74) is 1.45. The molecule has 1 unspecified atom stereocenters. The molecule has 0 bridgehead atoms. The molecule has 0 amide bonds. The molecule has 0 saturated carbocycles. The molecule has 1 N–H and O–H groups in total. The van der Waals surface area contributed by atoms with Crippen molar-refractivity contribution in [1.82, 2.24) is 5.32 Å². The summed E-state index contributed by atoms with van der Waals surface area (Å²) in [4.78, 5) is 0. The molecular weight excluding hydrogens is 333 g/mol. The van der Waals surface area contributed by atoms with Crippen LogP contribution < -0.4 is 5.32 Å². The lowest BCUT2D eigenvalue weighted by Gasteiger charge is -2.19. The fourth-order valence-electron chi connectivity index (χ4n) is 2.20. The average molecular weight is 359 g/mol. The molecule has 0 radical (unpaired) electrons. The predicted octanol–water partition coefficient (Wildman–Crippen LogP) is 5.30. The van der Waals surface area contributed by atoms with Crippen molar-refractivity contribution >= 4 is 22.6 Å². The van der Waals surface area contributed by atoms with E-state index in [0.717, 1.165) is 6.54 Å². The van der Waals surface area contributed by atoms with Gasteiger partial charge in [-0.15, -0.1) is 0 Å². The van der Waals surface area contributed by atoms with E-state index in [-0.39, 0.29) is 0 Å². The Bertz CT molecular complexity index is 325. The SMILES string of the molecule is CCCCCCC(NCCC)c1cccc(I)c1. The van der Waals surface area contributed by atoms with Gasteiger partial charge in [0, 0.05) is 9.61 Å². The first-order valence-electron chi connectivity index (χ1n) is 7.26. The fraction of sp³-hybridized carbons (Fsp3) is 0.625. The lowest BCUT2D eigenvalue weighted by molar-refractivity contribution is 0.470. The molecular formula is C16H26IN. The van der Waals surface area contributed by atoms with E-state index in [9.17, 15) is 0 Å². The fourth-order valence-corrected chi connectivity index (χ4v) is 2.77. The number of benzene rings is 1. The molecule has 18 heavy (non-hydrogen) atoms. The van der Waals surface area contributed by atoms with E-state index in [0.29, 0.717) is 6.04 Å². The molecule has 1 nitrogen and oxygen atoms in total. The maximum absolute atomic E-state index is 3.69. The number of hydrogen-bond donors (Lipinski definition) is 1. The van der Waals surface area contributed by atoms with E-state index in [1.165, 1.54) is 47.7 Å². The highest BCUT2D eigenvalue weighted by molar-refractivity contribution is 14.1. The Morgan fingerprint density at radius 1 is 1.11 bits per heavy atom. The number of rotatable bonds is 9. The third kappa shape index (κ3) is 6.19. The zero-order valence-corrected chi connectivity index (χ0v) is 13.9. The summed E-state index contributed by atoms with van der Waals surface area (Å²) < 4.78 is 1.34. The maximum Gasteiger partial charge on any atom is 0.0320 e. The van der Waals surface area contributed by atoms with Gasteiger partial charge in [0.1, 0.15) is 0 Å². The first-order valence-corrected chi connectivity index (χ1v) is 8.34. The molecule has 1 aromatic carbocycles. The van der Waals surface area contributed by atoms with Crippen molar-refractivity contribution in [3.63, 3.8) is 0 Å². The van der Waals surface area contributed by atoms with Crippen LogP contribution in [0.15, 0.2) is 24.3 Å². The van der Waals surface area contributed by atoms with E-state index in [4.69, 9.17) is 0 Å². The van der Waals surface area contributed by atoms with E-state index < -0.39 is 0 Å². The number of unbranched alkanes of at least 4 members (excludes halogenated alkanes) is 3. The van der Waals surface area contributed by atoms with Gasteiger partial charge in [-0.2, -0.15) is 0 Å². The molecule has 0 fully saturated rings. The van der Waals surface area contributed by atoms with Gasteiger partial charge in [0.2, 0.25) is 0 Å². The van der Waals surface area contributed by atoms with Crippen LogP contribution in [-0.4, -0.2) is 6.54 Å². The van der Waals surface area contributed by atoms with Crippen LogP contribution in [0.5, 0.6) is 0 Å². The molecule has 1 atom stereocenters. The van der Waals surface area contributed by atoms with E-state index in [1.807, 2.05) is 0 Å². The molecule has 0 spiro atoms. The Kier molecular flexibility index (Phi) is 8.68. The standard InChI is InChI=1S/C16H26IN/c1-3-5-6-7-11-16(18-12-4-2)14-9-8-10-15(17)13-14/h8-10,13,16,18H,3-7,11-12H2,1-2H3. The van der Waals surface area contributed by atoms with Crippen LogP contribution >= 0.6 is 22.6 Å². The van der Waals surface area contributed by atoms with Crippen molar-refractivity contribution in [3.8, 4) is 0 Å². The number of halogens is 1. The van der Waals surface area contributed by atoms with E-state index >= 15 is 0 Å². The highest BCUT2D eigenvalue weighted by atomic mass is 127. The van der Waals surface area contributed by atoms with Gasteiger partial charge in [0.05, 0.1) is 0 Å². The van der Waals surface area contributed by atoms with Crippen molar-refractivity contribution in [1.29, 1.82) is 0 Å². The second-order valence-electron chi connectivity index (χ2n) is 4.91. The van der Waals surface area contributed by atoms with Crippen LogP contribution in [0.3, 0.4) is 0 Å². The second kappa shape index (κ2) is 9.79. The number of hydrogen-bond acceptors (Lipinski definition) is 1. The second-order valence-corrected chi connectivity index (χ2v) is 6.16. The Balaban J connectivity index is 2.54. The first-order chi connectivity index (χ1) is 8.77. The largest absolute Gasteiger partial charge is 0.310 e. The monoisotopic (exact) mass is 359 g/mol. The lowest BCUT2D eigenvalue weighted by atomic mass is 10.00. The van der Waals surface area contributed by atoms with Crippen LogP contribution in [0.2, 0.25) is 0 Å². The zero-order valence-electron chi connectivity index (χ0n) is 11.7. The maximum atomic E-state index is 3.69. The van der Waals surface area contributed by atoms with Gasteiger partial charge >= 0.3 is 0 Å². The molecule has 2 heteroatoms. The molecule has 0 aliphatic rings. The van der Waals surface area contributed by atoms with Gasteiger partial charge in [-0.25, -0.2) is 0 Å². The van der Waals surface area contributed by atoms with Gasteiger partial charge in [0.15, 0.2) is 0 Å². The minimum Gasteiger partial charge on any atom is -0.310 e. The molecule has 102 valence electrons. The summed E-state index contributed by atoms with van der Waals surface area (Å²) >= 11 is 2.40. The molecule has 0 aliphatic carbocycles. The summed E-state index contributed by atoms with van der Waals surface area (Å²) in [6.45, 7) is 5.62. The van der Waals surface area contributed by atoms with Gasteiger partial charge < -0.3 is 5.32 Å². The van der Waals surface area contributed by atoms with Crippen LogP contribution in [0, 0.1) is 3.57 Å². The third-order valence-corrected chi connectivity index (χ3v) is 3.91. The third-order valence-electron chi connectivity index (χ3n) is 3.24. The van der Waals surface area contributed by atoms with Crippen LogP contribution in [0.1, 0.15) is 64.0 Å². The van der Waals surface area contributed by atoms with Crippen LogP contribution in [0.4, 0.5) is 0 Å². The lowest BCUT2D eigenvalue weighted by Crippen LogP contribution is -2.22. The van der Waals surface area contributed by atoms with E-state index in [1.54, 1.807) is 0 Å².